The number of benzene rings is 2. The molecule has 0 saturated carbocycles. The molecule has 0 fully saturated rings. The van der Waals surface area contributed by atoms with Gasteiger partial charge in [0.2, 0.25) is 11.7 Å². The molecule has 0 bridgehead atoms. The molecule has 0 aliphatic heterocycles. The summed E-state index contributed by atoms with van der Waals surface area (Å²) in [7, 11) is 0. The number of fused-ring (bicyclic) bond motifs is 3. The van der Waals surface area contributed by atoms with E-state index < -0.39 is 0 Å². The van der Waals surface area contributed by atoms with E-state index in [1.165, 1.54) is 11.8 Å². The second-order valence-electron chi connectivity index (χ2n) is 9.30. The van der Waals surface area contributed by atoms with E-state index >= 15 is 0 Å². The fourth-order valence-electron chi connectivity index (χ4n) is 4.22. The third-order valence-corrected chi connectivity index (χ3v) is 7.04. The van der Waals surface area contributed by atoms with Crippen LogP contribution in [0.5, 0.6) is 0 Å². The minimum absolute atomic E-state index is 0.0255. The minimum Gasteiger partial charge on any atom is -0.350 e. The van der Waals surface area contributed by atoms with E-state index in [4.69, 9.17) is 0 Å². The number of hydrogen-bond acceptors (Lipinski definition) is 6. The van der Waals surface area contributed by atoms with Crippen molar-refractivity contribution in [3.05, 3.63) is 63.4 Å². The highest BCUT2D eigenvalue weighted by Gasteiger charge is 2.19. The molecular weight excluding hydrogens is 488 g/mol. The molecule has 1 unspecified atom stereocenters. The van der Waals surface area contributed by atoms with E-state index in [0.29, 0.717) is 33.9 Å². The highest BCUT2D eigenvalue weighted by Crippen LogP contribution is 2.23. The van der Waals surface area contributed by atoms with Crippen molar-refractivity contribution in [1.29, 1.82) is 0 Å². The Morgan fingerprint density at radius 2 is 1.78 bits per heavy atom. The van der Waals surface area contributed by atoms with Crippen molar-refractivity contribution >= 4 is 45.9 Å². The number of aromatic nitrogens is 4. The van der Waals surface area contributed by atoms with Crippen LogP contribution in [0, 0.1) is 13.8 Å². The van der Waals surface area contributed by atoms with Crippen molar-refractivity contribution in [1.82, 2.24) is 24.5 Å². The van der Waals surface area contributed by atoms with Gasteiger partial charge in [-0.3, -0.25) is 23.4 Å². The fraction of sp³-hybridized carbons (Fsp3) is 0.370. The molecule has 10 heteroatoms. The van der Waals surface area contributed by atoms with Gasteiger partial charge in [0.25, 0.3) is 11.5 Å². The molecule has 2 heterocycles. The summed E-state index contributed by atoms with van der Waals surface area (Å²) in [6, 6.07) is 11.0. The summed E-state index contributed by atoms with van der Waals surface area (Å²) in [5.74, 6) is 0.107. The summed E-state index contributed by atoms with van der Waals surface area (Å²) < 4.78 is 3.36. The lowest BCUT2D eigenvalue weighted by Crippen LogP contribution is -2.32. The van der Waals surface area contributed by atoms with Crippen LogP contribution < -0.4 is 16.2 Å². The molecule has 0 saturated heterocycles. The van der Waals surface area contributed by atoms with Crippen LogP contribution in [-0.2, 0) is 11.3 Å². The van der Waals surface area contributed by atoms with Gasteiger partial charge in [-0.2, -0.15) is 0 Å². The maximum absolute atomic E-state index is 13.3. The van der Waals surface area contributed by atoms with E-state index in [1.807, 2.05) is 52.8 Å². The molecule has 2 N–H and O–H groups in total. The molecule has 0 radical (unpaired) electrons. The van der Waals surface area contributed by atoms with Gasteiger partial charge < -0.3 is 10.6 Å². The first-order valence-corrected chi connectivity index (χ1v) is 13.4. The van der Waals surface area contributed by atoms with Crippen LogP contribution in [0.25, 0.3) is 16.7 Å². The highest BCUT2D eigenvalue weighted by atomic mass is 32.2. The molecule has 37 heavy (non-hydrogen) atoms. The Labute approximate surface area is 219 Å². The van der Waals surface area contributed by atoms with E-state index in [9.17, 15) is 14.4 Å². The fourth-order valence-corrected chi connectivity index (χ4v) is 4.96. The van der Waals surface area contributed by atoms with Gasteiger partial charge >= 0.3 is 0 Å². The second-order valence-corrected chi connectivity index (χ2v) is 10.2. The van der Waals surface area contributed by atoms with Crippen LogP contribution in [-0.4, -0.2) is 42.8 Å². The predicted molar refractivity (Wildman–Crippen MR) is 148 cm³/mol. The topological polar surface area (TPSA) is 110 Å². The van der Waals surface area contributed by atoms with E-state index in [0.717, 1.165) is 29.7 Å². The molecule has 0 aliphatic carbocycles. The molecule has 0 spiro atoms. The summed E-state index contributed by atoms with van der Waals surface area (Å²) in [6.07, 6.45) is 1.55. The summed E-state index contributed by atoms with van der Waals surface area (Å²) in [4.78, 5) is 38.8. The monoisotopic (exact) mass is 520 g/mol. The Hall–Kier alpha value is -3.66. The standard InChI is InChI=1S/C27H32N6O3S/c1-6-10-32-25(36)21-9-8-19(24(35)28-18(5)7-2)14-22(21)33-26(32)30-31-27(33)37-15-23(34)29-20-12-16(3)11-17(4)13-20/h8-9,11-14,18H,6-7,10,15H2,1-5H3,(H,28,35)(H,29,34). The summed E-state index contributed by atoms with van der Waals surface area (Å²) in [5.41, 5.74) is 3.67. The quantitative estimate of drug-likeness (QED) is 0.318. The lowest BCUT2D eigenvalue weighted by molar-refractivity contribution is -0.113. The number of rotatable bonds is 9. The molecule has 2 amide bonds. The number of thioether (sulfide) groups is 1. The normalized spacial score (nSPS) is 12.1. The zero-order valence-corrected chi connectivity index (χ0v) is 22.6. The van der Waals surface area contributed by atoms with Gasteiger partial charge in [0.15, 0.2) is 5.16 Å². The highest BCUT2D eigenvalue weighted by molar-refractivity contribution is 7.99. The number of carbonyl (C=O) groups excluding carboxylic acids is 2. The number of nitrogens with zero attached hydrogens (tertiary/aromatic N) is 4. The number of hydrogen-bond donors (Lipinski definition) is 2. The van der Waals surface area contributed by atoms with Gasteiger partial charge in [0, 0.05) is 23.8 Å². The molecule has 4 aromatic rings. The van der Waals surface area contributed by atoms with Crippen molar-refractivity contribution in [3.63, 3.8) is 0 Å². The van der Waals surface area contributed by atoms with Crippen LogP contribution in [0.2, 0.25) is 0 Å². The number of anilines is 1. The predicted octanol–water partition coefficient (Wildman–Crippen LogP) is 4.33. The lowest BCUT2D eigenvalue weighted by atomic mass is 10.1. The van der Waals surface area contributed by atoms with E-state index in [-0.39, 0.29) is 29.2 Å². The number of nitrogens with one attached hydrogen (secondary N) is 2. The molecule has 2 aromatic heterocycles. The lowest BCUT2D eigenvalue weighted by Gasteiger charge is -2.14. The van der Waals surface area contributed by atoms with Crippen LogP contribution in [0.1, 0.15) is 55.1 Å². The first kappa shape index (κ1) is 26.4. The van der Waals surface area contributed by atoms with Crippen molar-refractivity contribution < 1.29 is 9.59 Å². The zero-order chi connectivity index (χ0) is 26.7. The first-order chi connectivity index (χ1) is 17.7. The number of amides is 2. The molecule has 1 atom stereocenters. The average Bonchev–Trinajstić information content (AvgIpc) is 3.28. The third-order valence-electron chi connectivity index (χ3n) is 6.11. The van der Waals surface area contributed by atoms with Crippen LogP contribution in [0.4, 0.5) is 5.69 Å². The molecule has 194 valence electrons. The van der Waals surface area contributed by atoms with Gasteiger partial charge in [0.05, 0.1) is 16.7 Å². The largest absolute Gasteiger partial charge is 0.350 e. The van der Waals surface area contributed by atoms with E-state index in [1.54, 1.807) is 27.2 Å². The first-order valence-electron chi connectivity index (χ1n) is 12.4. The summed E-state index contributed by atoms with van der Waals surface area (Å²) in [5, 5.41) is 15.4. The smallest absolute Gasteiger partial charge is 0.262 e. The van der Waals surface area contributed by atoms with Gasteiger partial charge in [-0.15, -0.1) is 10.2 Å². The number of aryl methyl sites for hydroxylation is 3. The van der Waals surface area contributed by atoms with Gasteiger partial charge in [-0.05, 0) is 75.1 Å². The Bertz CT molecular complexity index is 1520. The summed E-state index contributed by atoms with van der Waals surface area (Å²) in [6.45, 7) is 10.4. The van der Waals surface area contributed by atoms with Crippen LogP contribution in [0.3, 0.4) is 0 Å². The molecular formula is C27H32N6O3S. The van der Waals surface area contributed by atoms with E-state index in [2.05, 4.69) is 20.8 Å². The molecule has 9 nitrogen and oxygen atoms in total. The van der Waals surface area contributed by atoms with Crippen molar-refractivity contribution in [2.75, 3.05) is 11.1 Å². The Morgan fingerprint density at radius 3 is 2.46 bits per heavy atom. The van der Waals surface area contributed by atoms with Crippen molar-refractivity contribution in [3.8, 4) is 0 Å². The number of carbonyl (C=O) groups is 2. The van der Waals surface area contributed by atoms with Gasteiger partial charge in [-0.1, -0.05) is 31.7 Å². The average molecular weight is 521 g/mol. The van der Waals surface area contributed by atoms with Crippen LogP contribution in [0.15, 0.2) is 46.3 Å². The molecule has 0 aliphatic rings. The second kappa shape index (κ2) is 11.2. The SMILES string of the molecule is CCCn1c(=O)c2ccc(C(=O)NC(C)CC)cc2n2c(SCC(=O)Nc3cc(C)cc(C)c3)nnc12. The minimum atomic E-state index is -0.211. The third kappa shape index (κ3) is 5.69. The van der Waals surface area contributed by atoms with Crippen LogP contribution >= 0.6 is 11.8 Å². The molecule has 4 rings (SSSR count). The van der Waals surface area contributed by atoms with Crippen molar-refractivity contribution in [2.45, 2.75) is 65.2 Å². The Kier molecular flexibility index (Phi) is 7.97. The van der Waals surface area contributed by atoms with Gasteiger partial charge in [0.1, 0.15) is 0 Å². The maximum atomic E-state index is 13.3. The zero-order valence-electron chi connectivity index (χ0n) is 21.8. The Morgan fingerprint density at radius 1 is 1.05 bits per heavy atom. The summed E-state index contributed by atoms with van der Waals surface area (Å²) >= 11 is 1.23. The van der Waals surface area contributed by atoms with Gasteiger partial charge in [-0.25, -0.2) is 0 Å². The Balaban J connectivity index is 1.71. The van der Waals surface area contributed by atoms with Crippen molar-refractivity contribution in [2.24, 2.45) is 0 Å². The molecule has 2 aromatic carbocycles. The maximum Gasteiger partial charge on any atom is 0.262 e.